The van der Waals surface area contributed by atoms with Gasteiger partial charge in [0.05, 0.1) is 0 Å². The summed E-state index contributed by atoms with van der Waals surface area (Å²) in [5.41, 5.74) is 4.25. The number of hydrazine groups is 1. The van der Waals surface area contributed by atoms with E-state index in [0.717, 1.165) is 16.9 Å². The molecule has 2 aliphatic carbocycles. The van der Waals surface area contributed by atoms with Crippen molar-refractivity contribution in [3.05, 3.63) is 34.9 Å². The molecule has 3 rings (SSSR count). The third-order valence-corrected chi connectivity index (χ3v) is 4.84. The molecule has 0 spiro atoms. The summed E-state index contributed by atoms with van der Waals surface area (Å²) in [6, 6.07) is 8.36. The number of fused-ring (bicyclic) bond motifs is 2. The van der Waals surface area contributed by atoms with E-state index in [0.29, 0.717) is 5.92 Å². The molecule has 0 aromatic heterocycles. The van der Waals surface area contributed by atoms with Gasteiger partial charge in [0, 0.05) is 11.1 Å². The topological polar surface area (TPSA) is 38.0 Å². The zero-order chi connectivity index (χ0) is 11.8. The monoisotopic (exact) mass is 250 g/mol. The van der Waals surface area contributed by atoms with Crippen LogP contribution in [-0.4, -0.2) is 0 Å². The third kappa shape index (κ3) is 2.10. The van der Waals surface area contributed by atoms with Gasteiger partial charge in [0.1, 0.15) is 0 Å². The second kappa shape index (κ2) is 4.60. The Morgan fingerprint density at radius 2 is 2.18 bits per heavy atom. The molecule has 92 valence electrons. The Kier molecular flexibility index (Phi) is 3.12. The molecule has 4 atom stereocenters. The van der Waals surface area contributed by atoms with Crippen molar-refractivity contribution in [3.8, 4) is 0 Å². The average Bonchev–Trinajstić information content (AvgIpc) is 2.92. The molecule has 3 N–H and O–H groups in total. The van der Waals surface area contributed by atoms with E-state index in [-0.39, 0.29) is 6.04 Å². The first-order chi connectivity index (χ1) is 8.28. The van der Waals surface area contributed by atoms with E-state index in [9.17, 15) is 0 Å². The molecule has 0 heterocycles. The number of benzene rings is 1. The number of nitrogens with two attached hydrogens (primary N) is 1. The molecule has 2 aliphatic rings. The molecular weight excluding hydrogens is 232 g/mol. The first-order valence-corrected chi connectivity index (χ1v) is 6.87. The Morgan fingerprint density at radius 3 is 2.76 bits per heavy atom. The highest BCUT2D eigenvalue weighted by Crippen LogP contribution is 2.52. The van der Waals surface area contributed by atoms with Crippen molar-refractivity contribution in [2.75, 3.05) is 0 Å². The van der Waals surface area contributed by atoms with Gasteiger partial charge < -0.3 is 0 Å². The lowest BCUT2D eigenvalue weighted by Gasteiger charge is -2.30. The SMILES string of the molecule is NNC(c1cccc(Cl)c1)C1CC2CCC1C2. The number of hydrogen-bond acceptors (Lipinski definition) is 2. The predicted molar refractivity (Wildman–Crippen MR) is 70.5 cm³/mol. The summed E-state index contributed by atoms with van der Waals surface area (Å²) in [4.78, 5) is 0. The lowest BCUT2D eigenvalue weighted by Crippen LogP contribution is -2.35. The molecule has 4 unspecified atom stereocenters. The number of rotatable bonds is 3. The van der Waals surface area contributed by atoms with E-state index in [1.807, 2.05) is 18.2 Å². The van der Waals surface area contributed by atoms with Crippen LogP contribution in [0.15, 0.2) is 24.3 Å². The normalized spacial score (nSPS) is 32.9. The molecule has 2 fully saturated rings. The number of nitrogens with one attached hydrogen (secondary N) is 1. The molecule has 0 saturated heterocycles. The zero-order valence-corrected chi connectivity index (χ0v) is 10.7. The van der Waals surface area contributed by atoms with E-state index >= 15 is 0 Å². The second-order valence-corrected chi connectivity index (χ2v) is 5.97. The van der Waals surface area contributed by atoms with E-state index in [1.54, 1.807) is 0 Å². The van der Waals surface area contributed by atoms with Gasteiger partial charge in [0.15, 0.2) is 0 Å². The molecule has 1 aromatic rings. The highest BCUT2D eigenvalue weighted by atomic mass is 35.5. The van der Waals surface area contributed by atoms with Crippen molar-refractivity contribution >= 4 is 11.6 Å². The van der Waals surface area contributed by atoms with Crippen LogP contribution in [-0.2, 0) is 0 Å². The number of hydrogen-bond donors (Lipinski definition) is 2. The third-order valence-electron chi connectivity index (χ3n) is 4.61. The highest BCUT2D eigenvalue weighted by molar-refractivity contribution is 6.30. The fourth-order valence-electron chi connectivity index (χ4n) is 3.87. The van der Waals surface area contributed by atoms with Crippen LogP contribution >= 0.6 is 11.6 Å². The van der Waals surface area contributed by atoms with E-state index in [4.69, 9.17) is 17.4 Å². The van der Waals surface area contributed by atoms with Gasteiger partial charge in [-0.25, -0.2) is 0 Å². The Hall–Kier alpha value is -0.570. The van der Waals surface area contributed by atoms with Crippen LogP contribution in [0.25, 0.3) is 0 Å². The molecule has 3 heteroatoms. The van der Waals surface area contributed by atoms with Crippen LogP contribution in [0.4, 0.5) is 0 Å². The molecular formula is C14H19ClN2. The lowest BCUT2D eigenvalue weighted by atomic mass is 9.81. The summed E-state index contributed by atoms with van der Waals surface area (Å²) >= 11 is 6.06. The van der Waals surface area contributed by atoms with Gasteiger partial charge in [-0.05, 0) is 54.7 Å². The quantitative estimate of drug-likeness (QED) is 0.638. The average molecular weight is 251 g/mol. The minimum atomic E-state index is 0.268. The lowest BCUT2D eigenvalue weighted by molar-refractivity contribution is 0.252. The minimum Gasteiger partial charge on any atom is -0.271 e. The van der Waals surface area contributed by atoms with Crippen molar-refractivity contribution in [2.24, 2.45) is 23.6 Å². The zero-order valence-electron chi connectivity index (χ0n) is 9.90. The first-order valence-electron chi connectivity index (χ1n) is 6.49. The smallest absolute Gasteiger partial charge is 0.0491 e. The molecule has 2 saturated carbocycles. The largest absolute Gasteiger partial charge is 0.271 e. The van der Waals surface area contributed by atoms with Crippen LogP contribution in [0.1, 0.15) is 37.3 Å². The van der Waals surface area contributed by atoms with Crippen molar-refractivity contribution in [3.63, 3.8) is 0 Å². The maximum Gasteiger partial charge on any atom is 0.0491 e. The number of halogens is 1. The standard InChI is InChI=1S/C14H19ClN2/c15-12-3-1-2-11(8-12)14(17-16)13-7-9-4-5-10(13)6-9/h1-3,8-10,13-14,17H,4-7,16H2. The Balaban J connectivity index is 1.84. The fourth-order valence-corrected chi connectivity index (χ4v) is 4.07. The summed E-state index contributed by atoms with van der Waals surface area (Å²) in [6.07, 6.45) is 5.54. The van der Waals surface area contributed by atoms with Crippen molar-refractivity contribution in [2.45, 2.75) is 31.7 Å². The fraction of sp³-hybridized carbons (Fsp3) is 0.571. The van der Waals surface area contributed by atoms with Crippen molar-refractivity contribution in [1.82, 2.24) is 5.43 Å². The van der Waals surface area contributed by atoms with Crippen molar-refractivity contribution < 1.29 is 0 Å². The molecule has 0 radical (unpaired) electrons. The van der Waals surface area contributed by atoms with E-state index in [2.05, 4.69) is 11.5 Å². The summed E-state index contributed by atoms with van der Waals surface area (Å²) in [5, 5.41) is 0.797. The van der Waals surface area contributed by atoms with Crippen LogP contribution in [0.3, 0.4) is 0 Å². The Labute approximate surface area is 108 Å². The summed E-state index contributed by atoms with van der Waals surface area (Å²) in [6.45, 7) is 0. The summed E-state index contributed by atoms with van der Waals surface area (Å²) in [7, 11) is 0. The van der Waals surface area contributed by atoms with Gasteiger partial charge >= 0.3 is 0 Å². The summed E-state index contributed by atoms with van der Waals surface area (Å²) in [5.74, 6) is 8.27. The van der Waals surface area contributed by atoms with Gasteiger partial charge in [-0.3, -0.25) is 11.3 Å². The van der Waals surface area contributed by atoms with E-state index < -0.39 is 0 Å². The maximum atomic E-state index is 6.06. The first kappa shape index (κ1) is 11.5. The van der Waals surface area contributed by atoms with E-state index in [1.165, 1.54) is 31.2 Å². The van der Waals surface area contributed by atoms with Gasteiger partial charge in [0.25, 0.3) is 0 Å². The van der Waals surface area contributed by atoms with Gasteiger partial charge in [-0.2, -0.15) is 0 Å². The summed E-state index contributed by atoms with van der Waals surface area (Å²) < 4.78 is 0. The molecule has 2 nitrogen and oxygen atoms in total. The van der Waals surface area contributed by atoms with Gasteiger partial charge in [-0.1, -0.05) is 30.2 Å². The maximum absolute atomic E-state index is 6.06. The molecule has 17 heavy (non-hydrogen) atoms. The molecule has 2 bridgehead atoms. The van der Waals surface area contributed by atoms with Crippen LogP contribution < -0.4 is 11.3 Å². The Morgan fingerprint density at radius 1 is 1.29 bits per heavy atom. The van der Waals surface area contributed by atoms with Crippen molar-refractivity contribution in [1.29, 1.82) is 0 Å². The highest BCUT2D eigenvalue weighted by Gasteiger charge is 2.43. The van der Waals surface area contributed by atoms with Crippen LogP contribution in [0.5, 0.6) is 0 Å². The second-order valence-electron chi connectivity index (χ2n) is 5.54. The Bertz CT molecular complexity index is 407. The minimum absolute atomic E-state index is 0.268. The predicted octanol–water partition coefficient (Wildman–Crippen LogP) is 3.28. The van der Waals surface area contributed by atoms with Crippen LogP contribution in [0.2, 0.25) is 5.02 Å². The van der Waals surface area contributed by atoms with Gasteiger partial charge in [-0.15, -0.1) is 0 Å². The van der Waals surface area contributed by atoms with Crippen LogP contribution in [0, 0.1) is 17.8 Å². The van der Waals surface area contributed by atoms with Gasteiger partial charge in [0.2, 0.25) is 0 Å². The molecule has 0 aliphatic heterocycles. The molecule has 0 amide bonds. The molecule has 1 aromatic carbocycles.